The summed E-state index contributed by atoms with van der Waals surface area (Å²) < 4.78 is 13.7. The van der Waals surface area contributed by atoms with Gasteiger partial charge in [-0.15, -0.1) is 0 Å². The highest BCUT2D eigenvalue weighted by atomic mass is 16.5. The zero-order valence-corrected chi connectivity index (χ0v) is 33.5. The zero-order chi connectivity index (χ0) is 38.0. The molecule has 0 radical (unpaired) electrons. The molecule has 4 aliphatic rings. The van der Waals surface area contributed by atoms with Crippen molar-refractivity contribution in [2.45, 2.75) is 79.1 Å². The fourth-order valence-electron chi connectivity index (χ4n) is 11.1. The summed E-state index contributed by atoms with van der Waals surface area (Å²) in [4.78, 5) is 0. The Labute approximate surface area is 330 Å². The lowest BCUT2D eigenvalue weighted by molar-refractivity contribution is 0.486. The maximum absolute atomic E-state index is 6.87. The van der Waals surface area contributed by atoms with Gasteiger partial charge in [-0.05, 0) is 159 Å². The predicted octanol–water partition coefficient (Wildman–Crippen LogP) is 10.3. The van der Waals surface area contributed by atoms with Crippen molar-refractivity contribution >= 4 is 78.5 Å². The van der Waals surface area contributed by atoms with E-state index in [1.165, 1.54) is 110 Å². The summed E-state index contributed by atoms with van der Waals surface area (Å²) in [5.41, 5.74) is 18.9. The summed E-state index contributed by atoms with van der Waals surface area (Å²) in [6.45, 7) is 18.9. The Balaban J connectivity index is 1.33. The van der Waals surface area contributed by atoms with Crippen LogP contribution in [0.4, 0.5) is 0 Å². The van der Waals surface area contributed by atoms with Gasteiger partial charge >= 0.3 is 0 Å². The van der Waals surface area contributed by atoms with Crippen LogP contribution >= 0.6 is 0 Å². The molecule has 8 aromatic carbocycles. The minimum atomic E-state index is 0.0847. The first-order valence-electron chi connectivity index (χ1n) is 20.8. The third kappa shape index (κ3) is 4.05. The van der Waals surface area contributed by atoms with E-state index in [1.807, 2.05) is 0 Å². The molecule has 12 rings (SSSR count). The molecular weight excluding hydrogens is 678 g/mol. The summed E-state index contributed by atoms with van der Waals surface area (Å²) in [5.74, 6) is 5.39. The van der Waals surface area contributed by atoms with E-state index < -0.39 is 0 Å². The van der Waals surface area contributed by atoms with E-state index in [0.29, 0.717) is 23.7 Å². The van der Waals surface area contributed by atoms with E-state index in [0.717, 1.165) is 23.0 Å². The van der Waals surface area contributed by atoms with Gasteiger partial charge in [0, 0.05) is 0 Å². The summed E-state index contributed by atoms with van der Waals surface area (Å²) in [5, 5.41) is 8.53. The monoisotopic (exact) mass is 722 g/mol. The Morgan fingerprint density at radius 2 is 0.786 bits per heavy atom. The molecule has 0 amide bonds. The molecule has 8 aromatic rings. The van der Waals surface area contributed by atoms with Crippen LogP contribution in [-0.4, -0.2) is 13.4 Å². The van der Waals surface area contributed by atoms with Gasteiger partial charge in [0.25, 0.3) is 13.4 Å². The molecule has 0 unspecified atom stereocenters. The molecule has 4 heteroatoms. The zero-order valence-electron chi connectivity index (χ0n) is 33.5. The molecule has 0 saturated carbocycles. The third-order valence-electron chi connectivity index (χ3n) is 13.8. The second kappa shape index (κ2) is 11.1. The summed E-state index contributed by atoms with van der Waals surface area (Å²) in [6.07, 6.45) is 0. The van der Waals surface area contributed by atoms with Crippen molar-refractivity contribution in [1.29, 1.82) is 0 Å². The third-order valence-corrected chi connectivity index (χ3v) is 13.8. The highest BCUT2D eigenvalue weighted by Crippen LogP contribution is 2.50. The largest absolute Gasteiger partial charge is 0.458 e. The maximum Gasteiger partial charge on any atom is 0.252 e. The summed E-state index contributed by atoms with van der Waals surface area (Å²) in [7, 11) is 0. The molecule has 0 fully saturated rings. The van der Waals surface area contributed by atoms with E-state index >= 15 is 0 Å². The molecule has 0 aliphatic carbocycles. The average Bonchev–Trinajstić information content (AvgIpc) is 3.19. The van der Waals surface area contributed by atoms with Gasteiger partial charge in [-0.1, -0.05) is 127 Å². The molecule has 0 saturated heterocycles. The fraction of sp³-hybridized carbons (Fsp3) is 0.231. The summed E-state index contributed by atoms with van der Waals surface area (Å²) >= 11 is 0. The predicted molar refractivity (Wildman–Crippen MR) is 240 cm³/mol. The molecule has 56 heavy (non-hydrogen) atoms. The quantitative estimate of drug-likeness (QED) is 0.133. The first-order chi connectivity index (χ1) is 27.1. The van der Waals surface area contributed by atoms with Crippen LogP contribution in [0.3, 0.4) is 0 Å². The van der Waals surface area contributed by atoms with Crippen molar-refractivity contribution in [2.24, 2.45) is 0 Å². The minimum absolute atomic E-state index is 0.0847. The Bertz CT molecular complexity index is 2850. The topological polar surface area (TPSA) is 18.5 Å². The van der Waals surface area contributed by atoms with Crippen LogP contribution < -0.4 is 42.3 Å². The van der Waals surface area contributed by atoms with Crippen LogP contribution in [0.1, 0.15) is 101 Å². The standard InChI is InChI=1S/C52H44B2O2/c1-25(2)29-17-37-33-21-31(27(5)6)35-24-42-48-34(38-18-30(26(3)4)20-46-52(38)54(42)40-14-10-12-16-44(40)56-46)22-32(28(7)8)36-23-41(47(33)49(35)50(36)48)53-39-13-9-11-15-43(39)55-45(19-29)51(37)53/h9-28H,1-8H3. The van der Waals surface area contributed by atoms with Gasteiger partial charge in [-0.2, -0.15) is 0 Å². The first-order valence-corrected chi connectivity index (χ1v) is 20.8. The molecule has 4 aliphatic heterocycles. The molecule has 270 valence electrons. The number of benzene rings is 8. The van der Waals surface area contributed by atoms with E-state index in [2.05, 4.69) is 152 Å². The van der Waals surface area contributed by atoms with Gasteiger partial charge < -0.3 is 9.47 Å². The number of hydrogen-bond acceptors (Lipinski definition) is 2. The number of hydrogen-bond donors (Lipinski definition) is 0. The van der Waals surface area contributed by atoms with E-state index in [9.17, 15) is 0 Å². The van der Waals surface area contributed by atoms with Gasteiger partial charge in [-0.25, -0.2) is 0 Å². The van der Waals surface area contributed by atoms with Crippen LogP contribution in [0, 0.1) is 0 Å². The molecule has 2 nitrogen and oxygen atoms in total. The van der Waals surface area contributed by atoms with Crippen LogP contribution in [0.2, 0.25) is 0 Å². The number of rotatable bonds is 4. The van der Waals surface area contributed by atoms with Gasteiger partial charge in [0.05, 0.1) is 0 Å². The molecule has 0 N–H and O–H groups in total. The lowest BCUT2D eigenvalue weighted by atomic mass is 9.31. The van der Waals surface area contributed by atoms with Crippen molar-refractivity contribution in [3.05, 3.63) is 119 Å². The Morgan fingerprint density at radius 1 is 0.375 bits per heavy atom. The number of para-hydroxylation sites is 2. The Morgan fingerprint density at radius 3 is 1.18 bits per heavy atom. The minimum Gasteiger partial charge on any atom is -0.458 e. The van der Waals surface area contributed by atoms with E-state index in [1.54, 1.807) is 0 Å². The Kier molecular flexibility index (Phi) is 6.49. The van der Waals surface area contributed by atoms with Crippen LogP contribution in [0.5, 0.6) is 23.0 Å². The van der Waals surface area contributed by atoms with Gasteiger partial charge in [0.2, 0.25) is 0 Å². The molecule has 0 spiro atoms. The molecular formula is C52H44B2O2. The average molecular weight is 723 g/mol. The normalized spacial score (nSPS) is 14.2. The van der Waals surface area contributed by atoms with E-state index in [-0.39, 0.29) is 13.4 Å². The number of ether oxygens (including phenoxy) is 2. The van der Waals surface area contributed by atoms with Crippen LogP contribution in [-0.2, 0) is 0 Å². The van der Waals surface area contributed by atoms with Crippen molar-refractivity contribution < 1.29 is 9.47 Å². The second-order valence-electron chi connectivity index (χ2n) is 18.3. The smallest absolute Gasteiger partial charge is 0.252 e. The van der Waals surface area contributed by atoms with Gasteiger partial charge in [-0.3, -0.25) is 0 Å². The molecule has 0 aromatic heterocycles. The Hall–Kier alpha value is -5.47. The first kappa shape index (κ1) is 32.7. The highest BCUT2D eigenvalue weighted by Gasteiger charge is 2.44. The second-order valence-corrected chi connectivity index (χ2v) is 18.3. The molecule has 0 atom stereocenters. The van der Waals surface area contributed by atoms with Crippen molar-refractivity contribution in [2.75, 3.05) is 0 Å². The van der Waals surface area contributed by atoms with Crippen molar-refractivity contribution in [3.63, 3.8) is 0 Å². The SMILES string of the molecule is CC(C)c1cc2c3c(c1)-c1cc(C(C)C)c4cc5c6c(cc(C(C)C)c7cc(c1c4c76)B3c1ccccc1O2)-c1cc(C(C)C)cc2c1B5c1ccccc1O2. The fourth-order valence-corrected chi connectivity index (χ4v) is 11.1. The van der Waals surface area contributed by atoms with Gasteiger partial charge in [0.1, 0.15) is 23.0 Å². The lowest BCUT2D eigenvalue weighted by Crippen LogP contribution is -2.58. The molecule has 4 heterocycles. The van der Waals surface area contributed by atoms with Crippen molar-refractivity contribution in [3.8, 4) is 45.3 Å². The molecule has 0 bridgehead atoms. The van der Waals surface area contributed by atoms with Crippen LogP contribution in [0.15, 0.2) is 97.1 Å². The van der Waals surface area contributed by atoms with E-state index in [4.69, 9.17) is 9.47 Å². The van der Waals surface area contributed by atoms with Crippen LogP contribution in [0.25, 0.3) is 54.6 Å². The highest BCUT2D eigenvalue weighted by molar-refractivity contribution is 7.01. The van der Waals surface area contributed by atoms with Crippen molar-refractivity contribution in [1.82, 2.24) is 0 Å². The number of fused-ring (bicyclic) bond motifs is 8. The van der Waals surface area contributed by atoms with Gasteiger partial charge in [0.15, 0.2) is 0 Å². The summed E-state index contributed by atoms with van der Waals surface area (Å²) in [6, 6.07) is 37.6. The lowest BCUT2D eigenvalue weighted by Gasteiger charge is -2.38. The maximum atomic E-state index is 6.87.